The second kappa shape index (κ2) is 5.07. The summed E-state index contributed by atoms with van der Waals surface area (Å²) in [5, 5.41) is 0. The van der Waals surface area contributed by atoms with Gasteiger partial charge in [-0.3, -0.25) is 0 Å². The lowest BCUT2D eigenvalue weighted by Crippen LogP contribution is -2.53. The van der Waals surface area contributed by atoms with Crippen LogP contribution in [-0.2, 0) is 4.53 Å². The molecule has 0 saturated heterocycles. The lowest BCUT2D eigenvalue weighted by Gasteiger charge is -2.38. The molecular formula is C9H27NOSi3. The van der Waals surface area contributed by atoms with Gasteiger partial charge in [-0.15, -0.1) is 0 Å². The maximum Gasteiger partial charge on any atom is 0.210 e. The van der Waals surface area contributed by atoms with Crippen LogP contribution in [0.25, 0.3) is 0 Å². The molecule has 0 fully saturated rings. The summed E-state index contributed by atoms with van der Waals surface area (Å²) in [5.41, 5.74) is 0. The summed E-state index contributed by atoms with van der Waals surface area (Å²) >= 11 is 0. The third-order valence-electron chi connectivity index (χ3n) is 1.66. The predicted molar refractivity (Wildman–Crippen MR) is 73.4 cm³/mol. The van der Waals surface area contributed by atoms with Gasteiger partial charge in [-0.05, 0) is 19.6 Å². The highest BCUT2D eigenvalue weighted by atomic mass is 28.4. The zero-order chi connectivity index (χ0) is 11.6. The highest BCUT2D eigenvalue weighted by Crippen LogP contribution is 2.15. The van der Waals surface area contributed by atoms with E-state index in [1.54, 1.807) is 0 Å². The largest absolute Gasteiger partial charge is 0.351 e. The van der Waals surface area contributed by atoms with Crippen molar-refractivity contribution in [2.75, 3.05) is 6.17 Å². The van der Waals surface area contributed by atoms with Crippen molar-refractivity contribution >= 4 is 25.3 Å². The van der Waals surface area contributed by atoms with E-state index in [0.29, 0.717) is 0 Å². The van der Waals surface area contributed by atoms with Crippen LogP contribution in [-0.4, -0.2) is 36.2 Å². The first-order valence-electron chi connectivity index (χ1n) is 5.49. The zero-order valence-electron chi connectivity index (χ0n) is 11.1. The molecule has 0 bridgehead atoms. The molecule has 0 unspecified atom stereocenters. The summed E-state index contributed by atoms with van der Waals surface area (Å²) in [5.74, 6) is 0. The minimum absolute atomic E-state index is 0.560. The SMILES string of the molecule is C[SiH](C)CN(O[Si](C)(C)C)[Si](C)(C)C. The van der Waals surface area contributed by atoms with E-state index < -0.39 is 25.3 Å². The molecule has 0 radical (unpaired) electrons. The number of nitrogens with zero attached hydrogens (tertiary/aromatic N) is 1. The average Bonchev–Trinajstić information content (AvgIpc) is 1.78. The fraction of sp³-hybridized carbons (Fsp3) is 1.00. The Morgan fingerprint density at radius 2 is 1.43 bits per heavy atom. The molecule has 0 aliphatic carbocycles. The van der Waals surface area contributed by atoms with Gasteiger partial charge in [0.2, 0.25) is 8.32 Å². The Balaban J connectivity index is 4.42. The maximum absolute atomic E-state index is 6.18. The fourth-order valence-corrected chi connectivity index (χ4v) is 7.94. The van der Waals surface area contributed by atoms with Crippen molar-refractivity contribution in [2.24, 2.45) is 0 Å². The molecule has 0 atom stereocenters. The standard InChI is InChI=1S/C9H27NOSi3/c1-12(2)9-10(13(3,4)5)11-14(6,7)8/h12H,9H2,1-8H3. The van der Waals surface area contributed by atoms with E-state index in [4.69, 9.17) is 4.53 Å². The Bertz CT molecular complexity index is 172. The normalized spacial score (nSPS) is 14.1. The summed E-state index contributed by atoms with van der Waals surface area (Å²) < 4.78 is 8.54. The Morgan fingerprint density at radius 1 is 1.00 bits per heavy atom. The molecule has 0 saturated carbocycles. The van der Waals surface area contributed by atoms with Gasteiger partial charge < -0.3 is 4.53 Å². The van der Waals surface area contributed by atoms with E-state index >= 15 is 0 Å². The van der Waals surface area contributed by atoms with E-state index in [0.717, 1.165) is 0 Å². The van der Waals surface area contributed by atoms with Crippen molar-refractivity contribution in [1.29, 1.82) is 0 Å². The molecule has 14 heavy (non-hydrogen) atoms. The second-order valence-corrected chi connectivity index (χ2v) is 18.7. The van der Waals surface area contributed by atoms with E-state index in [1.165, 1.54) is 6.17 Å². The first-order chi connectivity index (χ1) is 6.02. The Labute approximate surface area is 93.4 Å². The van der Waals surface area contributed by atoms with Crippen LogP contribution in [0.2, 0.25) is 52.4 Å². The van der Waals surface area contributed by atoms with Gasteiger partial charge in [-0.2, -0.15) is 0 Å². The van der Waals surface area contributed by atoms with Crippen LogP contribution >= 0.6 is 0 Å². The van der Waals surface area contributed by atoms with Gasteiger partial charge >= 0.3 is 0 Å². The number of rotatable bonds is 5. The van der Waals surface area contributed by atoms with Crippen molar-refractivity contribution in [3.05, 3.63) is 0 Å². The van der Waals surface area contributed by atoms with Crippen LogP contribution in [0.4, 0.5) is 0 Å². The van der Waals surface area contributed by atoms with E-state index in [1.807, 2.05) is 0 Å². The van der Waals surface area contributed by atoms with Gasteiger partial charge in [0.15, 0.2) is 0 Å². The molecule has 0 aromatic carbocycles. The second-order valence-electron chi connectivity index (χ2n) is 6.33. The van der Waals surface area contributed by atoms with E-state index in [9.17, 15) is 0 Å². The highest BCUT2D eigenvalue weighted by Gasteiger charge is 2.30. The first kappa shape index (κ1) is 14.6. The molecule has 0 aliphatic heterocycles. The Hall–Kier alpha value is 0.571. The smallest absolute Gasteiger partial charge is 0.210 e. The van der Waals surface area contributed by atoms with Crippen molar-refractivity contribution in [3.63, 3.8) is 0 Å². The predicted octanol–water partition coefficient (Wildman–Crippen LogP) is 2.92. The quantitative estimate of drug-likeness (QED) is 0.549. The van der Waals surface area contributed by atoms with Crippen LogP contribution in [0.3, 0.4) is 0 Å². The van der Waals surface area contributed by atoms with Crippen molar-refractivity contribution < 1.29 is 4.53 Å². The first-order valence-corrected chi connectivity index (χ1v) is 15.5. The molecule has 0 aromatic rings. The number of hydrogen-bond donors (Lipinski definition) is 0. The molecule has 0 spiro atoms. The van der Waals surface area contributed by atoms with Crippen LogP contribution in [0, 0.1) is 0 Å². The molecule has 0 amide bonds. The monoisotopic (exact) mass is 249 g/mol. The van der Waals surface area contributed by atoms with Gasteiger partial charge in [-0.25, -0.2) is 4.73 Å². The topological polar surface area (TPSA) is 12.5 Å². The molecule has 0 aliphatic rings. The van der Waals surface area contributed by atoms with E-state index in [-0.39, 0.29) is 0 Å². The maximum atomic E-state index is 6.18. The summed E-state index contributed by atoms with van der Waals surface area (Å²) in [4.78, 5) is 0. The van der Waals surface area contributed by atoms with Crippen LogP contribution in [0.1, 0.15) is 0 Å². The molecular weight excluding hydrogens is 222 g/mol. The summed E-state index contributed by atoms with van der Waals surface area (Å²) in [6, 6.07) is 0. The summed E-state index contributed by atoms with van der Waals surface area (Å²) in [6.45, 7) is 18.7. The van der Waals surface area contributed by atoms with Gasteiger partial charge in [0.1, 0.15) is 8.24 Å². The van der Waals surface area contributed by atoms with Crippen LogP contribution in [0.5, 0.6) is 0 Å². The van der Waals surface area contributed by atoms with Gasteiger partial charge in [0, 0.05) is 15.0 Å². The molecule has 5 heteroatoms. The minimum atomic E-state index is -1.41. The number of hydroxylamine groups is 1. The van der Waals surface area contributed by atoms with E-state index in [2.05, 4.69) is 57.1 Å². The van der Waals surface area contributed by atoms with Crippen LogP contribution in [0.15, 0.2) is 0 Å². The molecule has 0 aromatic heterocycles. The Kier molecular flexibility index (Phi) is 5.27. The minimum Gasteiger partial charge on any atom is -0.351 e. The fourth-order valence-electron chi connectivity index (χ4n) is 1.11. The average molecular weight is 250 g/mol. The molecule has 0 N–H and O–H groups in total. The third kappa shape index (κ3) is 6.94. The van der Waals surface area contributed by atoms with Gasteiger partial charge in [-0.1, -0.05) is 32.7 Å². The summed E-state index contributed by atoms with van der Waals surface area (Å²) in [7, 11) is -3.25. The van der Waals surface area contributed by atoms with Crippen molar-refractivity contribution in [1.82, 2.24) is 4.73 Å². The van der Waals surface area contributed by atoms with Crippen LogP contribution < -0.4 is 0 Å². The molecule has 0 rings (SSSR count). The van der Waals surface area contributed by atoms with Gasteiger partial charge in [0.25, 0.3) is 0 Å². The lowest BCUT2D eigenvalue weighted by atomic mass is 11.5. The van der Waals surface area contributed by atoms with Crippen molar-refractivity contribution in [3.8, 4) is 0 Å². The lowest BCUT2D eigenvalue weighted by molar-refractivity contribution is 0.0311. The third-order valence-corrected chi connectivity index (χ3v) is 5.81. The zero-order valence-corrected chi connectivity index (χ0v) is 14.3. The Morgan fingerprint density at radius 3 is 1.64 bits per heavy atom. The summed E-state index contributed by atoms with van der Waals surface area (Å²) in [6.07, 6.45) is 1.21. The van der Waals surface area contributed by atoms with Gasteiger partial charge in [0.05, 0.1) is 0 Å². The molecule has 86 valence electrons. The van der Waals surface area contributed by atoms with Crippen molar-refractivity contribution in [2.45, 2.75) is 52.4 Å². The molecule has 2 nitrogen and oxygen atoms in total. The molecule has 0 heterocycles. The number of hydrogen-bond acceptors (Lipinski definition) is 2. The highest BCUT2D eigenvalue weighted by molar-refractivity contribution is 6.76.